The Morgan fingerprint density at radius 3 is 2.64 bits per heavy atom. The second kappa shape index (κ2) is 3.32. The molecule has 0 atom stereocenters. The van der Waals surface area contributed by atoms with E-state index < -0.39 is 0 Å². The first-order valence-corrected chi connectivity index (χ1v) is 4.66. The summed E-state index contributed by atoms with van der Waals surface area (Å²) in [6.45, 7) is 8.95. The Labute approximate surface area is 87.7 Å². The molecule has 0 saturated heterocycles. The Hall–Kier alpha value is -1.52. The molecule has 2 rings (SSSR count). The van der Waals surface area contributed by atoms with Crippen LogP contribution in [-0.2, 0) is 0 Å². The van der Waals surface area contributed by atoms with E-state index in [4.69, 9.17) is 18.2 Å². The minimum Gasteiger partial charge on any atom is -0.238 e. The average molecular weight is 202 g/mol. The zero-order valence-electron chi connectivity index (χ0n) is 7.71. The van der Waals surface area contributed by atoms with Crippen molar-refractivity contribution >= 4 is 28.1 Å². The van der Waals surface area contributed by atoms with E-state index in [2.05, 4.69) is 4.85 Å². The van der Waals surface area contributed by atoms with Crippen molar-refractivity contribution in [2.24, 2.45) is 0 Å². The highest BCUT2D eigenvalue weighted by Gasteiger charge is 2.01. The fourth-order valence-corrected chi connectivity index (χ4v) is 1.67. The number of fused-ring (bicyclic) bond motifs is 1. The number of benzene rings is 2. The highest BCUT2D eigenvalue weighted by atomic mass is 35.5. The summed E-state index contributed by atoms with van der Waals surface area (Å²) >= 11 is 5.88. The average Bonchev–Trinajstić information content (AvgIpc) is 2.17. The largest absolute Gasteiger partial charge is 0.238 e. The summed E-state index contributed by atoms with van der Waals surface area (Å²) < 4.78 is 0. The Morgan fingerprint density at radius 2 is 1.93 bits per heavy atom. The van der Waals surface area contributed by atoms with Gasteiger partial charge in [0.1, 0.15) is 0 Å². The maximum absolute atomic E-state index is 7.01. The van der Waals surface area contributed by atoms with Crippen LogP contribution in [0.4, 0.5) is 5.69 Å². The number of rotatable bonds is 0. The van der Waals surface area contributed by atoms with Crippen LogP contribution in [0.1, 0.15) is 5.56 Å². The molecule has 0 saturated carbocycles. The lowest BCUT2D eigenvalue weighted by Crippen LogP contribution is -1.76. The van der Waals surface area contributed by atoms with Gasteiger partial charge in [0.2, 0.25) is 0 Å². The second-order valence-corrected chi connectivity index (χ2v) is 3.68. The van der Waals surface area contributed by atoms with Crippen molar-refractivity contribution < 1.29 is 0 Å². The van der Waals surface area contributed by atoms with Crippen molar-refractivity contribution in [1.29, 1.82) is 0 Å². The highest BCUT2D eigenvalue weighted by Crippen LogP contribution is 2.27. The molecule has 0 fully saturated rings. The predicted octanol–water partition coefficient (Wildman–Crippen LogP) is 4.35. The normalized spacial score (nSPS) is 10.1. The summed E-state index contributed by atoms with van der Waals surface area (Å²) in [5.41, 5.74) is 1.70. The van der Waals surface area contributed by atoms with Crippen molar-refractivity contribution in [3.63, 3.8) is 0 Å². The van der Waals surface area contributed by atoms with Gasteiger partial charge < -0.3 is 0 Å². The molecule has 2 aromatic rings. The van der Waals surface area contributed by atoms with Crippen LogP contribution < -0.4 is 0 Å². The molecule has 2 heteroatoms. The number of nitrogens with zero attached hydrogens (tertiary/aromatic N) is 1. The molecule has 0 amide bonds. The minimum absolute atomic E-state index is 0.694. The van der Waals surface area contributed by atoms with Gasteiger partial charge in [-0.2, -0.15) is 0 Å². The van der Waals surface area contributed by atoms with Crippen molar-refractivity contribution in [3.05, 3.63) is 52.3 Å². The number of aryl methyl sites for hydroxylation is 1. The molecule has 0 heterocycles. The van der Waals surface area contributed by atoms with Crippen molar-refractivity contribution in [1.82, 2.24) is 0 Å². The van der Waals surface area contributed by atoms with Crippen LogP contribution in [0.5, 0.6) is 0 Å². The quantitative estimate of drug-likeness (QED) is 0.558. The molecule has 0 aliphatic rings. The van der Waals surface area contributed by atoms with Gasteiger partial charge in [0, 0.05) is 5.02 Å². The zero-order valence-corrected chi connectivity index (χ0v) is 8.47. The van der Waals surface area contributed by atoms with Crippen LogP contribution in [0.15, 0.2) is 30.3 Å². The van der Waals surface area contributed by atoms with Crippen LogP contribution >= 0.6 is 11.6 Å². The van der Waals surface area contributed by atoms with Crippen molar-refractivity contribution in [3.8, 4) is 0 Å². The van der Waals surface area contributed by atoms with E-state index in [9.17, 15) is 0 Å². The lowest BCUT2D eigenvalue weighted by atomic mass is 10.1. The van der Waals surface area contributed by atoms with Crippen LogP contribution in [0, 0.1) is 13.5 Å². The van der Waals surface area contributed by atoms with Gasteiger partial charge in [-0.25, -0.2) is 4.85 Å². The van der Waals surface area contributed by atoms with Gasteiger partial charge >= 0.3 is 0 Å². The molecule has 0 unspecified atom stereocenters. The van der Waals surface area contributed by atoms with Gasteiger partial charge in [0.05, 0.1) is 6.57 Å². The van der Waals surface area contributed by atoms with Gasteiger partial charge in [-0.3, -0.25) is 0 Å². The van der Waals surface area contributed by atoms with Gasteiger partial charge in [-0.1, -0.05) is 23.7 Å². The number of hydrogen-bond acceptors (Lipinski definition) is 0. The summed E-state index contributed by atoms with van der Waals surface area (Å²) in [7, 11) is 0. The molecular formula is C12H8ClN. The van der Waals surface area contributed by atoms with Crippen LogP contribution in [-0.4, -0.2) is 0 Å². The molecule has 14 heavy (non-hydrogen) atoms. The smallest absolute Gasteiger partial charge is 0.190 e. The molecular weight excluding hydrogens is 194 g/mol. The van der Waals surface area contributed by atoms with Crippen LogP contribution in [0.2, 0.25) is 5.02 Å². The van der Waals surface area contributed by atoms with E-state index >= 15 is 0 Å². The molecule has 0 N–H and O–H groups in total. The predicted molar refractivity (Wildman–Crippen MR) is 60.0 cm³/mol. The first-order chi connectivity index (χ1) is 6.70. The minimum atomic E-state index is 0.694. The molecule has 1 nitrogen and oxygen atoms in total. The van der Waals surface area contributed by atoms with Gasteiger partial charge in [-0.05, 0) is 41.5 Å². The van der Waals surface area contributed by atoms with E-state index in [1.807, 2.05) is 37.3 Å². The standard InChI is InChI=1S/C12H8ClN/c1-8-5-9-3-4-11(13)6-10(9)7-12(8)14-2/h3-7H,1H3. The molecule has 0 radical (unpaired) electrons. The van der Waals surface area contributed by atoms with Crippen molar-refractivity contribution in [2.75, 3.05) is 0 Å². The fraction of sp³-hybridized carbons (Fsp3) is 0.0833. The lowest BCUT2D eigenvalue weighted by Gasteiger charge is -2.02. The lowest BCUT2D eigenvalue weighted by molar-refractivity contribution is 1.52. The van der Waals surface area contributed by atoms with E-state index in [0.717, 1.165) is 16.3 Å². The van der Waals surface area contributed by atoms with E-state index in [1.54, 1.807) is 0 Å². The van der Waals surface area contributed by atoms with Gasteiger partial charge in [0.25, 0.3) is 0 Å². The number of hydrogen-bond donors (Lipinski definition) is 0. The molecule has 0 bridgehead atoms. The monoisotopic (exact) mass is 201 g/mol. The second-order valence-electron chi connectivity index (χ2n) is 3.24. The highest BCUT2D eigenvalue weighted by molar-refractivity contribution is 6.31. The molecule has 68 valence electrons. The Morgan fingerprint density at radius 1 is 1.14 bits per heavy atom. The maximum atomic E-state index is 7.01. The Bertz CT molecular complexity index is 538. The molecule has 0 aromatic heterocycles. The molecule has 0 aliphatic carbocycles. The van der Waals surface area contributed by atoms with Crippen LogP contribution in [0.25, 0.3) is 15.6 Å². The first-order valence-electron chi connectivity index (χ1n) is 4.28. The molecule has 0 aliphatic heterocycles. The summed E-state index contributed by atoms with van der Waals surface area (Å²) in [5, 5.41) is 2.85. The summed E-state index contributed by atoms with van der Waals surface area (Å²) in [6.07, 6.45) is 0. The Balaban J connectivity index is 2.82. The number of halogens is 1. The van der Waals surface area contributed by atoms with E-state index in [0.29, 0.717) is 10.7 Å². The third kappa shape index (κ3) is 1.45. The van der Waals surface area contributed by atoms with Gasteiger partial charge in [0.15, 0.2) is 5.69 Å². The summed E-state index contributed by atoms with van der Waals surface area (Å²) in [6, 6.07) is 9.60. The topological polar surface area (TPSA) is 4.36 Å². The maximum Gasteiger partial charge on any atom is 0.190 e. The summed E-state index contributed by atoms with van der Waals surface area (Å²) in [5.74, 6) is 0. The third-order valence-electron chi connectivity index (χ3n) is 2.24. The van der Waals surface area contributed by atoms with E-state index in [1.165, 1.54) is 0 Å². The Kier molecular flexibility index (Phi) is 2.15. The van der Waals surface area contributed by atoms with Crippen molar-refractivity contribution in [2.45, 2.75) is 6.92 Å². The first kappa shape index (κ1) is 9.05. The van der Waals surface area contributed by atoms with Gasteiger partial charge in [-0.15, -0.1) is 0 Å². The molecule has 2 aromatic carbocycles. The molecule has 0 spiro atoms. The SMILES string of the molecule is [C-]#[N+]c1cc2cc(Cl)ccc2cc1C. The fourth-order valence-electron chi connectivity index (χ4n) is 1.49. The van der Waals surface area contributed by atoms with E-state index in [-0.39, 0.29) is 0 Å². The third-order valence-corrected chi connectivity index (χ3v) is 2.47. The zero-order chi connectivity index (χ0) is 10.1. The van der Waals surface area contributed by atoms with Crippen LogP contribution in [0.3, 0.4) is 0 Å². The summed E-state index contributed by atoms with van der Waals surface area (Å²) in [4.78, 5) is 3.46.